The molecule has 1 aromatic carbocycles. The summed E-state index contributed by atoms with van der Waals surface area (Å²) in [4.78, 5) is 24.7. The van der Waals surface area contributed by atoms with Crippen molar-refractivity contribution < 1.29 is 9.47 Å². The Labute approximate surface area is 171 Å². The van der Waals surface area contributed by atoms with Gasteiger partial charge < -0.3 is 19.3 Å². The maximum Gasteiger partial charge on any atom is 0.254 e. The molecule has 0 unspecified atom stereocenters. The molecule has 1 N–H and O–H groups in total. The van der Waals surface area contributed by atoms with Crippen LogP contribution in [0.1, 0.15) is 25.8 Å². The van der Waals surface area contributed by atoms with E-state index in [-0.39, 0.29) is 17.7 Å². The average Bonchev–Trinajstić information content (AvgIpc) is 3.08. The molecule has 3 atom stereocenters. The highest BCUT2D eigenvalue weighted by Crippen LogP contribution is 2.32. The summed E-state index contributed by atoms with van der Waals surface area (Å²) >= 11 is 0. The number of nitrogens with zero attached hydrogens (tertiary/aromatic N) is 3. The van der Waals surface area contributed by atoms with Crippen LogP contribution in [0.4, 0.5) is 11.8 Å². The van der Waals surface area contributed by atoms with Crippen LogP contribution in [0, 0.1) is 5.92 Å². The number of anilines is 2. The van der Waals surface area contributed by atoms with Gasteiger partial charge >= 0.3 is 0 Å². The summed E-state index contributed by atoms with van der Waals surface area (Å²) in [5.74, 6) is 2.80. The quantitative estimate of drug-likeness (QED) is 0.834. The fraction of sp³-hybridized carbons (Fsp3) is 0.545. The first-order valence-corrected chi connectivity index (χ1v) is 10.4. The van der Waals surface area contributed by atoms with Gasteiger partial charge in [-0.15, -0.1) is 0 Å². The Morgan fingerprint density at radius 1 is 1.28 bits per heavy atom. The van der Waals surface area contributed by atoms with Gasteiger partial charge in [0.05, 0.1) is 19.8 Å². The summed E-state index contributed by atoms with van der Waals surface area (Å²) in [6, 6.07) is 10.00. The van der Waals surface area contributed by atoms with Crippen LogP contribution in [-0.2, 0) is 11.2 Å². The second-order valence-electron chi connectivity index (χ2n) is 8.10. The van der Waals surface area contributed by atoms with Gasteiger partial charge in [0.1, 0.15) is 11.6 Å². The number of aromatic amines is 1. The SMILES string of the molecule is COc1ccccc1C[C@@H]1[C@@H](C)CCN1c1nc(N2CCO[C@H](C)C2)cc(=O)[nH]1. The third-order valence-electron chi connectivity index (χ3n) is 6.06. The molecule has 156 valence electrons. The van der Waals surface area contributed by atoms with Crippen LogP contribution in [0.25, 0.3) is 0 Å². The third-order valence-corrected chi connectivity index (χ3v) is 6.06. The van der Waals surface area contributed by atoms with E-state index in [0.29, 0.717) is 18.5 Å². The number of hydrogen-bond acceptors (Lipinski definition) is 6. The molecule has 1 aromatic heterocycles. The number of nitrogens with one attached hydrogen (secondary N) is 1. The molecule has 3 heterocycles. The summed E-state index contributed by atoms with van der Waals surface area (Å²) in [6.45, 7) is 7.35. The number of methoxy groups -OCH3 is 1. The number of morpholine rings is 1. The predicted octanol–water partition coefficient (Wildman–Crippen LogP) is 2.46. The number of rotatable bonds is 5. The molecule has 2 fully saturated rings. The number of ether oxygens (including phenoxy) is 2. The van der Waals surface area contributed by atoms with Crippen LogP contribution in [0.2, 0.25) is 0 Å². The van der Waals surface area contributed by atoms with Crippen molar-refractivity contribution in [1.29, 1.82) is 0 Å². The van der Waals surface area contributed by atoms with Crippen LogP contribution >= 0.6 is 0 Å². The van der Waals surface area contributed by atoms with Crippen molar-refractivity contribution in [2.45, 2.75) is 38.8 Å². The number of benzene rings is 1. The van der Waals surface area contributed by atoms with Gasteiger partial charge in [-0.3, -0.25) is 9.78 Å². The molecule has 29 heavy (non-hydrogen) atoms. The predicted molar refractivity (Wildman–Crippen MR) is 114 cm³/mol. The van der Waals surface area contributed by atoms with Gasteiger partial charge in [0.2, 0.25) is 5.95 Å². The highest BCUT2D eigenvalue weighted by molar-refractivity contribution is 5.46. The van der Waals surface area contributed by atoms with Gasteiger partial charge in [0.15, 0.2) is 0 Å². The molecule has 0 saturated carbocycles. The summed E-state index contributed by atoms with van der Waals surface area (Å²) in [7, 11) is 1.71. The number of para-hydroxylation sites is 1. The van der Waals surface area contributed by atoms with Crippen molar-refractivity contribution in [1.82, 2.24) is 9.97 Å². The minimum atomic E-state index is -0.111. The Balaban J connectivity index is 1.61. The Bertz CT molecular complexity index is 900. The normalized spacial score (nSPS) is 24.7. The Morgan fingerprint density at radius 3 is 2.90 bits per heavy atom. The number of aromatic nitrogens is 2. The maximum atomic E-state index is 12.4. The minimum Gasteiger partial charge on any atom is -0.496 e. The lowest BCUT2D eigenvalue weighted by Crippen LogP contribution is -2.42. The Hall–Kier alpha value is -2.54. The molecule has 2 aliphatic heterocycles. The zero-order valence-electron chi connectivity index (χ0n) is 17.4. The van der Waals surface area contributed by atoms with Gasteiger partial charge in [-0.2, -0.15) is 4.98 Å². The van der Waals surface area contributed by atoms with E-state index >= 15 is 0 Å². The molecule has 0 spiro atoms. The summed E-state index contributed by atoms with van der Waals surface area (Å²) < 4.78 is 11.2. The minimum absolute atomic E-state index is 0.111. The molecule has 0 radical (unpaired) electrons. The number of H-pyrrole nitrogens is 1. The van der Waals surface area contributed by atoms with Crippen molar-refractivity contribution >= 4 is 11.8 Å². The fourth-order valence-corrected chi connectivity index (χ4v) is 4.44. The molecule has 0 aliphatic carbocycles. The highest BCUT2D eigenvalue weighted by Gasteiger charge is 2.34. The van der Waals surface area contributed by atoms with Crippen molar-refractivity contribution in [3.63, 3.8) is 0 Å². The second-order valence-corrected chi connectivity index (χ2v) is 8.10. The molecule has 2 saturated heterocycles. The number of hydrogen-bond donors (Lipinski definition) is 1. The smallest absolute Gasteiger partial charge is 0.254 e. The van der Waals surface area contributed by atoms with Gasteiger partial charge in [-0.05, 0) is 37.3 Å². The molecule has 2 aromatic rings. The topological polar surface area (TPSA) is 70.7 Å². The molecule has 7 nitrogen and oxygen atoms in total. The lowest BCUT2D eigenvalue weighted by Gasteiger charge is -2.33. The molecule has 2 aliphatic rings. The molecule has 4 rings (SSSR count). The summed E-state index contributed by atoms with van der Waals surface area (Å²) in [6.07, 6.45) is 2.06. The van der Waals surface area contributed by atoms with E-state index in [2.05, 4.69) is 27.8 Å². The monoisotopic (exact) mass is 398 g/mol. The van der Waals surface area contributed by atoms with Crippen molar-refractivity contribution in [2.24, 2.45) is 5.92 Å². The second kappa shape index (κ2) is 8.45. The lowest BCUT2D eigenvalue weighted by atomic mass is 9.95. The zero-order valence-corrected chi connectivity index (χ0v) is 17.4. The summed E-state index contributed by atoms with van der Waals surface area (Å²) in [5, 5.41) is 0. The van der Waals surface area contributed by atoms with Crippen LogP contribution in [0.15, 0.2) is 35.1 Å². The van der Waals surface area contributed by atoms with Gasteiger partial charge in [-0.1, -0.05) is 25.1 Å². The zero-order chi connectivity index (χ0) is 20.4. The van der Waals surface area contributed by atoms with E-state index in [9.17, 15) is 4.79 Å². The van der Waals surface area contributed by atoms with Crippen molar-refractivity contribution in [3.8, 4) is 5.75 Å². The lowest BCUT2D eigenvalue weighted by molar-refractivity contribution is 0.0529. The third kappa shape index (κ3) is 4.24. The summed E-state index contributed by atoms with van der Waals surface area (Å²) in [5.41, 5.74) is 1.07. The van der Waals surface area contributed by atoms with E-state index in [0.717, 1.165) is 44.0 Å². The van der Waals surface area contributed by atoms with Gasteiger partial charge in [-0.25, -0.2) is 0 Å². The largest absolute Gasteiger partial charge is 0.496 e. The highest BCUT2D eigenvalue weighted by atomic mass is 16.5. The van der Waals surface area contributed by atoms with Crippen LogP contribution in [-0.4, -0.2) is 55.5 Å². The molecular formula is C22H30N4O3. The molecule has 0 bridgehead atoms. The Kier molecular flexibility index (Phi) is 5.76. The van der Waals surface area contributed by atoms with Crippen LogP contribution in [0.5, 0.6) is 5.75 Å². The van der Waals surface area contributed by atoms with Crippen LogP contribution < -0.4 is 20.1 Å². The van der Waals surface area contributed by atoms with E-state index in [1.807, 2.05) is 25.1 Å². The molecular weight excluding hydrogens is 368 g/mol. The fourth-order valence-electron chi connectivity index (χ4n) is 4.44. The average molecular weight is 399 g/mol. The molecule has 7 heteroatoms. The van der Waals surface area contributed by atoms with Gasteiger partial charge in [0.25, 0.3) is 5.56 Å². The van der Waals surface area contributed by atoms with E-state index in [1.165, 1.54) is 5.56 Å². The van der Waals surface area contributed by atoms with E-state index in [4.69, 9.17) is 14.5 Å². The first-order valence-electron chi connectivity index (χ1n) is 10.4. The van der Waals surface area contributed by atoms with Gasteiger partial charge in [0, 0.05) is 31.7 Å². The van der Waals surface area contributed by atoms with Crippen molar-refractivity contribution in [3.05, 3.63) is 46.2 Å². The van der Waals surface area contributed by atoms with E-state index < -0.39 is 0 Å². The van der Waals surface area contributed by atoms with E-state index in [1.54, 1.807) is 13.2 Å². The van der Waals surface area contributed by atoms with Crippen molar-refractivity contribution in [2.75, 3.05) is 43.2 Å². The maximum absolute atomic E-state index is 12.4. The standard InChI is InChI=1S/C22H30N4O3/c1-15-8-9-26(18(15)12-17-6-4-5-7-19(17)28-3)22-23-20(13-21(27)24-22)25-10-11-29-16(2)14-25/h4-7,13,15-16,18H,8-12,14H2,1-3H3,(H,23,24,27)/t15-,16+,18+/m0/s1. The first-order chi connectivity index (χ1) is 14.0. The van der Waals surface area contributed by atoms with Crippen LogP contribution in [0.3, 0.4) is 0 Å². The molecule has 0 amide bonds. The first kappa shape index (κ1) is 19.8. The Morgan fingerprint density at radius 2 is 2.10 bits per heavy atom.